The lowest BCUT2D eigenvalue weighted by atomic mass is 10.00. The fourth-order valence-electron chi connectivity index (χ4n) is 3.48. The zero-order chi connectivity index (χ0) is 15.9. The van der Waals surface area contributed by atoms with Crippen LogP contribution in [0, 0.1) is 0 Å². The molecule has 0 spiro atoms. The molecule has 0 unspecified atom stereocenters. The van der Waals surface area contributed by atoms with Crippen molar-refractivity contribution in [1.29, 1.82) is 0 Å². The molecule has 0 bridgehead atoms. The molecule has 1 amide bonds. The van der Waals surface area contributed by atoms with Crippen molar-refractivity contribution in [2.75, 3.05) is 39.3 Å². The third-order valence-electron chi connectivity index (χ3n) is 4.87. The van der Waals surface area contributed by atoms with Crippen molar-refractivity contribution in [3.63, 3.8) is 0 Å². The molecule has 2 heterocycles. The van der Waals surface area contributed by atoms with Gasteiger partial charge in [-0.05, 0) is 50.3 Å². The second-order valence-electron chi connectivity index (χ2n) is 6.67. The SMILES string of the molecule is O=C(NCCCN1CCNCC1)c1cc2c(s1)CCCCCC2. The summed E-state index contributed by atoms with van der Waals surface area (Å²) < 4.78 is 0. The maximum absolute atomic E-state index is 12.4. The Morgan fingerprint density at radius 3 is 2.78 bits per heavy atom. The van der Waals surface area contributed by atoms with Gasteiger partial charge in [0.1, 0.15) is 0 Å². The van der Waals surface area contributed by atoms with Crippen LogP contribution in [0.4, 0.5) is 0 Å². The summed E-state index contributed by atoms with van der Waals surface area (Å²) in [4.78, 5) is 17.2. The van der Waals surface area contributed by atoms with Gasteiger partial charge in [0.05, 0.1) is 4.88 Å². The molecule has 1 aliphatic carbocycles. The fraction of sp³-hybridized carbons (Fsp3) is 0.722. The molecule has 1 saturated heterocycles. The van der Waals surface area contributed by atoms with Gasteiger partial charge in [0.15, 0.2) is 0 Å². The number of thiophene rings is 1. The summed E-state index contributed by atoms with van der Waals surface area (Å²) in [7, 11) is 0. The Kier molecular flexibility index (Phi) is 6.48. The number of piperazine rings is 1. The Hall–Kier alpha value is -0.910. The van der Waals surface area contributed by atoms with Crippen LogP contribution in [0.25, 0.3) is 0 Å². The van der Waals surface area contributed by atoms with Crippen LogP contribution in [0.3, 0.4) is 0 Å². The summed E-state index contributed by atoms with van der Waals surface area (Å²) in [5.74, 6) is 0.127. The number of nitrogens with zero attached hydrogens (tertiary/aromatic N) is 1. The molecule has 0 saturated carbocycles. The average Bonchev–Trinajstić information content (AvgIpc) is 2.95. The molecule has 4 nitrogen and oxygen atoms in total. The van der Waals surface area contributed by atoms with Crippen LogP contribution < -0.4 is 10.6 Å². The summed E-state index contributed by atoms with van der Waals surface area (Å²) >= 11 is 1.72. The molecule has 5 heteroatoms. The molecule has 1 fully saturated rings. The van der Waals surface area contributed by atoms with Gasteiger partial charge >= 0.3 is 0 Å². The van der Waals surface area contributed by atoms with Gasteiger partial charge in [-0.25, -0.2) is 0 Å². The summed E-state index contributed by atoms with van der Waals surface area (Å²) in [6, 6.07) is 2.15. The van der Waals surface area contributed by atoms with E-state index in [9.17, 15) is 4.79 Å². The molecule has 0 aromatic carbocycles. The number of carbonyl (C=O) groups is 1. The van der Waals surface area contributed by atoms with Crippen LogP contribution in [0.1, 0.15) is 52.2 Å². The van der Waals surface area contributed by atoms with E-state index >= 15 is 0 Å². The fourth-order valence-corrected chi connectivity index (χ4v) is 4.65. The predicted molar refractivity (Wildman–Crippen MR) is 96.5 cm³/mol. The smallest absolute Gasteiger partial charge is 0.261 e. The van der Waals surface area contributed by atoms with Gasteiger partial charge in [-0.15, -0.1) is 11.3 Å². The topological polar surface area (TPSA) is 44.4 Å². The van der Waals surface area contributed by atoms with E-state index in [4.69, 9.17) is 0 Å². The molecule has 1 aromatic rings. The first-order valence-corrected chi connectivity index (χ1v) is 9.97. The zero-order valence-electron chi connectivity index (χ0n) is 14.0. The molecule has 1 aromatic heterocycles. The van der Waals surface area contributed by atoms with Gasteiger partial charge in [0, 0.05) is 37.6 Å². The van der Waals surface area contributed by atoms with Crippen molar-refractivity contribution in [3.05, 3.63) is 21.4 Å². The van der Waals surface area contributed by atoms with E-state index in [1.807, 2.05) is 0 Å². The van der Waals surface area contributed by atoms with E-state index in [0.717, 1.165) is 63.4 Å². The predicted octanol–water partition coefficient (Wildman–Crippen LogP) is 2.43. The van der Waals surface area contributed by atoms with E-state index in [1.165, 1.54) is 36.1 Å². The average molecular weight is 336 g/mol. The molecule has 2 aliphatic rings. The molecule has 0 atom stereocenters. The van der Waals surface area contributed by atoms with E-state index < -0.39 is 0 Å². The standard InChI is InChI=1S/C18H29N3OS/c22-18(20-8-5-11-21-12-9-19-10-13-21)17-14-15-6-3-1-2-4-7-16(15)23-17/h14,19H,1-13H2,(H,20,22). The van der Waals surface area contributed by atoms with Gasteiger partial charge < -0.3 is 15.5 Å². The van der Waals surface area contributed by atoms with Crippen LogP contribution >= 0.6 is 11.3 Å². The number of aryl methyl sites for hydroxylation is 2. The highest BCUT2D eigenvalue weighted by molar-refractivity contribution is 7.14. The van der Waals surface area contributed by atoms with Crippen LogP contribution in [0.2, 0.25) is 0 Å². The van der Waals surface area contributed by atoms with Crippen molar-refractivity contribution in [2.45, 2.75) is 44.9 Å². The van der Waals surface area contributed by atoms with E-state index in [2.05, 4.69) is 21.6 Å². The summed E-state index contributed by atoms with van der Waals surface area (Å²) in [6.07, 6.45) is 8.58. The molecule has 23 heavy (non-hydrogen) atoms. The van der Waals surface area contributed by atoms with Crippen LogP contribution in [-0.2, 0) is 12.8 Å². The Labute approximate surface area is 143 Å². The minimum absolute atomic E-state index is 0.127. The number of carbonyl (C=O) groups excluding carboxylic acids is 1. The van der Waals surface area contributed by atoms with Gasteiger partial charge in [0.25, 0.3) is 5.91 Å². The van der Waals surface area contributed by atoms with Crippen LogP contribution in [-0.4, -0.2) is 50.1 Å². The normalized spacial score (nSPS) is 19.7. The minimum atomic E-state index is 0.127. The van der Waals surface area contributed by atoms with E-state index in [-0.39, 0.29) is 5.91 Å². The Bertz CT molecular complexity index is 483. The van der Waals surface area contributed by atoms with Gasteiger partial charge in [-0.3, -0.25) is 4.79 Å². The summed E-state index contributed by atoms with van der Waals surface area (Å²) in [6.45, 7) is 6.31. The molecule has 0 radical (unpaired) electrons. The van der Waals surface area contributed by atoms with Crippen molar-refractivity contribution in [2.24, 2.45) is 0 Å². The lowest BCUT2D eigenvalue weighted by Crippen LogP contribution is -2.44. The number of amides is 1. The lowest BCUT2D eigenvalue weighted by Gasteiger charge is -2.27. The third kappa shape index (κ3) is 5.03. The lowest BCUT2D eigenvalue weighted by molar-refractivity contribution is 0.0955. The van der Waals surface area contributed by atoms with Gasteiger partial charge in [0.2, 0.25) is 0 Å². The highest BCUT2D eigenvalue weighted by atomic mass is 32.1. The van der Waals surface area contributed by atoms with Gasteiger partial charge in [-0.1, -0.05) is 12.8 Å². The third-order valence-corrected chi connectivity index (χ3v) is 6.10. The number of hydrogen-bond acceptors (Lipinski definition) is 4. The van der Waals surface area contributed by atoms with Gasteiger partial charge in [-0.2, -0.15) is 0 Å². The second-order valence-corrected chi connectivity index (χ2v) is 7.81. The zero-order valence-corrected chi connectivity index (χ0v) is 14.8. The minimum Gasteiger partial charge on any atom is -0.351 e. The molecule has 1 aliphatic heterocycles. The maximum atomic E-state index is 12.4. The second kappa shape index (κ2) is 8.81. The first kappa shape index (κ1) is 16.9. The summed E-state index contributed by atoms with van der Waals surface area (Å²) in [5.41, 5.74) is 1.43. The Morgan fingerprint density at radius 2 is 1.96 bits per heavy atom. The largest absolute Gasteiger partial charge is 0.351 e. The van der Waals surface area contributed by atoms with Crippen molar-refractivity contribution in [3.8, 4) is 0 Å². The van der Waals surface area contributed by atoms with E-state index in [0.29, 0.717) is 0 Å². The van der Waals surface area contributed by atoms with Crippen molar-refractivity contribution < 1.29 is 4.79 Å². The molecule has 2 N–H and O–H groups in total. The highest BCUT2D eigenvalue weighted by Crippen LogP contribution is 2.28. The highest BCUT2D eigenvalue weighted by Gasteiger charge is 2.16. The molecular weight excluding hydrogens is 306 g/mol. The first-order valence-electron chi connectivity index (χ1n) is 9.16. The van der Waals surface area contributed by atoms with Crippen molar-refractivity contribution >= 4 is 17.2 Å². The quantitative estimate of drug-likeness (QED) is 0.812. The number of hydrogen-bond donors (Lipinski definition) is 2. The van der Waals surface area contributed by atoms with E-state index in [1.54, 1.807) is 11.3 Å². The Morgan fingerprint density at radius 1 is 1.17 bits per heavy atom. The Balaban J connectivity index is 1.43. The van der Waals surface area contributed by atoms with Crippen LogP contribution in [0.5, 0.6) is 0 Å². The van der Waals surface area contributed by atoms with Crippen LogP contribution in [0.15, 0.2) is 6.07 Å². The maximum Gasteiger partial charge on any atom is 0.261 e. The number of rotatable bonds is 5. The summed E-state index contributed by atoms with van der Waals surface area (Å²) in [5, 5.41) is 6.48. The molecular formula is C18H29N3OS. The molecule has 3 rings (SSSR count). The number of nitrogens with one attached hydrogen (secondary N) is 2. The molecule has 128 valence electrons. The monoisotopic (exact) mass is 335 g/mol. The number of fused-ring (bicyclic) bond motifs is 1. The van der Waals surface area contributed by atoms with Crippen molar-refractivity contribution in [1.82, 2.24) is 15.5 Å². The first-order chi connectivity index (χ1) is 11.3.